The molecule has 4 rings (SSSR count). The number of benzene rings is 2. The molecule has 1 saturated heterocycles. The first-order chi connectivity index (χ1) is 20.3. The van der Waals surface area contributed by atoms with Crippen LogP contribution in [0, 0.1) is 6.92 Å². The van der Waals surface area contributed by atoms with E-state index in [-0.39, 0.29) is 11.8 Å². The van der Waals surface area contributed by atoms with Crippen molar-refractivity contribution in [3.8, 4) is 11.1 Å². The number of piperazine rings is 1. The van der Waals surface area contributed by atoms with Crippen molar-refractivity contribution in [2.75, 3.05) is 57.2 Å². The Balaban J connectivity index is 1.82. The van der Waals surface area contributed by atoms with Gasteiger partial charge in [-0.3, -0.25) is 4.79 Å². The van der Waals surface area contributed by atoms with Crippen molar-refractivity contribution in [3.05, 3.63) is 77.0 Å². The molecule has 1 aromatic heterocycles. The Morgan fingerprint density at radius 3 is 1.95 bits per heavy atom. The number of hydroxylamine groups is 3. The minimum absolute atomic E-state index is 0.0339. The van der Waals surface area contributed by atoms with Crippen LogP contribution >= 0.6 is 0 Å². The van der Waals surface area contributed by atoms with Gasteiger partial charge in [0.15, 0.2) is 6.20 Å². The highest BCUT2D eigenvalue weighted by atomic mass is 19.4. The maximum Gasteiger partial charge on any atom is 0.416 e. The van der Waals surface area contributed by atoms with Gasteiger partial charge in [-0.15, -0.1) is 0 Å². The number of alkyl halides is 6. The second-order valence-electron chi connectivity index (χ2n) is 11.8. The summed E-state index contributed by atoms with van der Waals surface area (Å²) in [6.45, 7) is 6.80. The van der Waals surface area contributed by atoms with E-state index in [2.05, 4.69) is 0 Å². The van der Waals surface area contributed by atoms with Gasteiger partial charge in [0.2, 0.25) is 5.91 Å². The van der Waals surface area contributed by atoms with E-state index in [0.717, 1.165) is 20.8 Å². The van der Waals surface area contributed by atoms with Crippen molar-refractivity contribution in [1.82, 2.24) is 0 Å². The zero-order valence-electron chi connectivity index (χ0n) is 25.3. The Hall–Kier alpha value is -3.84. The molecule has 0 atom stereocenters. The molecule has 0 radical (unpaired) electrons. The normalized spacial score (nSPS) is 15.8. The minimum Gasteiger partial charge on any atom is -0.350 e. The number of carbonyl (C=O) groups is 1. The fraction of sp³-hybridized carbons (Fsp3) is 0.419. The molecule has 238 valence electrons. The molecule has 1 amide bonds. The van der Waals surface area contributed by atoms with Crippen LogP contribution in [0.5, 0.6) is 0 Å². The van der Waals surface area contributed by atoms with Gasteiger partial charge in [-0.05, 0) is 55.7 Å². The summed E-state index contributed by atoms with van der Waals surface area (Å²) in [5, 5.41) is 11.1. The highest BCUT2D eigenvalue weighted by Crippen LogP contribution is 2.41. The Morgan fingerprint density at radius 2 is 1.45 bits per heavy atom. The standard InChI is InChI=1S/C31H36F6N4O3/c1-20-9-7-8-10-24(20)25-18-27(39-11-13-41(5,44-6)14-12-39)40(43)19-26(25)38(4)28(42)29(2,3)21-15-22(30(32,33)34)17-23(16-21)31(35,36)37/h7-10,15-19,43H,11-14H2,1-6H3/q+2. The average Bonchev–Trinajstić information content (AvgIpc) is 2.96. The third kappa shape index (κ3) is 6.48. The number of rotatable bonds is 6. The van der Waals surface area contributed by atoms with Gasteiger partial charge in [-0.25, -0.2) is 9.74 Å². The zero-order chi connectivity index (χ0) is 32.8. The first-order valence-corrected chi connectivity index (χ1v) is 13.9. The van der Waals surface area contributed by atoms with E-state index in [1.165, 1.54) is 27.1 Å². The van der Waals surface area contributed by atoms with Crippen LogP contribution in [-0.2, 0) is 27.4 Å². The molecule has 1 aliphatic heterocycles. The summed E-state index contributed by atoms with van der Waals surface area (Å²) >= 11 is 0. The molecule has 3 aromatic rings. The molecule has 2 heterocycles. The Morgan fingerprint density at radius 1 is 0.932 bits per heavy atom. The number of halogens is 6. The van der Waals surface area contributed by atoms with Gasteiger partial charge in [-0.1, -0.05) is 29.0 Å². The number of quaternary nitrogens is 1. The lowest BCUT2D eigenvalue weighted by Crippen LogP contribution is -2.58. The molecule has 0 aliphatic carbocycles. The van der Waals surface area contributed by atoms with Crippen molar-refractivity contribution >= 4 is 17.4 Å². The van der Waals surface area contributed by atoms with E-state index in [1.807, 2.05) is 37.1 Å². The first kappa shape index (κ1) is 33.1. The largest absolute Gasteiger partial charge is 0.416 e. The van der Waals surface area contributed by atoms with E-state index in [4.69, 9.17) is 4.84 Å². The molecule has 1 N–H and O–H groups in total. The fourth-order valence-electron chi connectivity index (χ4n) is 5.38. The average molecular weight is 627 g/mol. The lowest BCUT2D eigenvalue weighted by molar-refractivity contribution is -1.09. The highest BCUT2D eigenvalue weighted by Gasteiger charge is 2.42. The number of aryl methyl sites for hydroxylation is 1. The molecule has 1 fully saturated rings. The quantitative estimate of drug-likeness (QED) is 0.158. The van der Waals surface area contributed by atoms with Crippen LogP contribution in [0.4, 0.5) is 37.8 Å². The molecular formula is C31H36F6N4O3+2. The monoisotopic (exact) mass is 626 g/mol. The second kappa shape index (κ2) is 11.6. The van der Waals surface area contributed by atoms with Crippen LogP contribution in [0.2, 0.25) is 0 Å². The molecule has 0 bridgehead atoms. The second-order valence-corrected chi connectivity index (χ2v) is 11.8. The number of hydrogen-bond donors (Lipinski definition) is 1. The summed E-state index contributed by atoms with van der Waals surface area (Å²) in [5.41, 5.74) is -2.95. The third-order valence-electron chi connectivity index (χ3n) is 8.42. The zero-order valence-corrected chi connectivity index (χ0v) is 25.3. The molecule has 44 heavy (non-hydrogen) atoms. The maximum absolute atomic E-state index is 14.0. The topological polar surface area (TPSA) is 56.9 Å². The number of nitrogens with zero attached hydrogens (tertiary/aromatic N) is 4. The maximum atomic E-state index is 14.0. The number of carbonyl (C=O) groups excluding carboxylic acids is 1. The smallest absolute Gasteiger partial charge is 0.350 e. The predicted octanol–water partition coefficient (Wildman–Crippen LogP) is 5.99. The lowest BCUT2D eigenvalue weighted by Gasteiger charge is -2.36. The van der Waals surface area contributed by atoms with Crippen LogP contribution in [0.15, 0.2) is 54.7 Å². The summed E-state index contributed by atoms with van der Waals surface area (Å²) in [6.07, 6.45) is -8.80. The van der Waals surface area contributed by atoms with Gasteiger partial charge in [0.05, 0.1) is 36.4 Å². The molecular weight excluding hydrogens is 590 g/mol. The van der Waals surface area contributed by atoms with Crippen LogP contribution < -0.4 is 14.5 Å². The van der Waals surface area contributed by atoms with Crippen LogP contribution in [0.1, 0.15) is 36.1 Å². The van der Waals surface area contributed by atoms with Crippen molar-refractivity contribution in [2.45, 2.75) is 38.5 Å². The van der Waals surface area contributed by atoms with E-state index < -0.39 is 40.4 Å². The van der Waals surface area contributed by atoms with Crippen LogP contribution in [0.25, 0.3) is 11.1 Å². The Kier molecular flexibility index (Phi) is 8.70. The van der Waals surface area contributed by atoms with Gasteiger partial charge < -0.3 is 10.1 Å². The van der Waals surface area contributed by atoms with Gasteiger partial charge in [0, 0.05) is 18.7 Å². The number of anilines is 2. The van der Waals surface area contributed by atoms with Gasteiger partial charge in [-0.2, -0.15) is 31.0 Å². The molecule has 13 heteroatoms. The number of hydrogen-bond acceptors (Lipinski definition) is 4. The van der Waals surface area contributed by atoms with Crippen LogP contribution in [0.3, 0.4) is 0 Å². The highest BCUT2D eigenvalue weighted by molar-refractivity contribution is 6.03. The lowest BCUT2D eigenvalue weighted by atomic mass is 9.81. The number of likely N-dealkylation sites (N-methyl/N-ethyl adjacent to an activating group) is 2. The fourth-order valence-corrected chi connectivity index (χ4v) is 5.38. The number of pyridine rings is 1. The summed E-state index contributed by atoms with van der Waals surface area (Å²) in [5.74, 6) is -0.333. The molecule has 7 nitrogen and oxygen atoms in total. The van der Waals surface area contributed by atoms with Gasteiger partial charge in [0.25, 0.3) is 0 Å². The summed E-state index contributed by atoms with van der Waals surface area (Å²) in [6, 6.07) is 10.3. The van der Waals surface area contributed by atoms with Crippen molar-refractivity contribution in [1.29, 1.82) is 0 Å². The Labute approximate surface area is 252 Å². The summed E-state index contributed by atoms with van der Waals surface area (Å²) in [4.78, 5) is 22.7. The molecule has 1 aliphatic rings. The molecule has 0 saturated carbocycles. The molecule has 2 aromatic carbocycles. The van der Waals surface area contributed by atoms with Crippen molar-refractivity contribution in [3.63, 3.8) is 0 Å². The predicted molar refractivity (Wildman–Crippen MR) is 152 cm³/mol. The van der Waals surface area contributed by atoms with Crippen LogP contribution in [-0.4, -0.2) is 63.1 Å². The Bertz CT molecular complexity index is 1510. The third-order valence-corrected chi connectivity index (χ3v) is 8.42. The van der Waals surface area contributed by atoms with E-state index in [0.29, 0.717) is 54.3 Å². The van der Waals surface area contributed by atoms with E-state index in [9.17, 15) is 36.3 Å². The van der Waals surface area contributed by atoms with Crippen molar-refractivity contribution < 1.29 is 50.6 Å². The first-order valence-electron chi connectivity index (χ1n) is 13.9. The number of aromatic nitrogens is 1. The van der Waals surface area contributed by atoms with E-state index in [1.54, 1.807) is 19.2 Å². The summed E-state index contributed by atoms with van der Waals surface area (Å²) in [7, 11) is 4.96. The number of amides is 1. The van der Waals surface area contributed by atoms with Gasteiger partial charge in [0.1, 0.15) is 26.2 Å². The van der Waals surface area contributed by atoms with E-state index >= 15 is 0 Å². The minimum atomic E-state index is -5.06. The summed E-state index contributed by atoms with van der Waals surface area (Å²) < 4.78 is 83.0. The SMILES string of the molecule is CO[N+]1(C)CCN(c2cc(-c3ccccc3C)c(N(C)C(=O)C(C)(C)c3cc(C(F)(F)F)cc(C(F)(F)F)c3)c[n+]2O)CC1. The van der Waals surface area contributed by atoms with Crippen molar-refractivity contribution in [2.24, 2.45) is 0 Å². The van der Waals surface area contributed by atoms with Gasteiger partial charge >= 0.3 is 18.2 Å². The molecule has 0 unspecified atom stereocenters. The molecule has 0 spiro atoms.